The molecule has 86 valence electrons. The Morgan fingerprint density at radius 3 is 2.81 bits per heavy atom. The molecule has 1 rings (SSSR count). The van der Waals surface area contributed by atoms with Crippen molar-refractivity contribution in [2.75, 3.05) is 17.7 Å². The molecule has 0 bridgehead atoms. The Labute approximate surface area is 96.6 Å². The van der Waals surface area contributed by atoms with Crippen LogP contribution in [-0.2, 0) is 11.2 Å². The van der Waals surface area contributed by atoms with Gasteiger partial charge in [0.1, 0.15) is 0 Å². The van der Waals surface area contributed by atoms with Crippen molar-refractivity contribution in [3.63, 3.8) is 0 Å². The Hall–Kier alpha value is -1.77. The van der Waals surface area contributed by atoms with E-state index in [4.69, 9.17) is 0 Å². The lowest BCUT2D eigenvalue weighted by Crippen LogP contribution is -2.08. The maximum absolute atomic E-state index is 11.1. The zero-order valence-corrected chi connectivity index (χ0v) is 9.84. The summed E-state index contributed by atoms with van der Waals surface area (Å²) in [6.07, 6.45) is 3.40. The van der Waals surface area contributed by atoms with Crippen molar-refractivity contribution < 1.29 is 4.79 Å². The van der Waals surface area contributed by atoms with Crippen LogP contribution in [0.3, 0.4) is 0 Å². The van der Waals surface area contributed by atoms with Crippen molar-refractivity contribution in [3.8, 4) is 0 Å². The molecule has 16 heavy (non-hydrogen) atoms. The second-order valence-corrected chi connectivity index (χ2v) is 3.57. The molecular weight excluding hydrogens is 200 g/mol. The Morgan fingerprint density at radius 2 is 2.25 bits per heavy atom. The van der Waals surface area contributed by atoms with Gasteiger partial charge in [-0.25, -0.2) is 0 Å². The number of nitrogens with one attached hydrogen (secondary N) is 2. The first kappa shape index (κ1) is 12.3. The fourth-order valence-corrected chi connectivity index (χ4v) is 1.57. The van der Waals surface area contributed by atoms with Crippen LogP contribution in [-0.4, -0.2) is 13.0 Å². The Bertz CT molecular complexity index is 386. The maximum Gasteiger partial charge on any atom is 0.247 e. The molecule has 0 aliphatic rings. The topological polar surface area (TPSA) is 41.1 Å². The highest BCUT2D eigenvalue weighted by Crippen LogP contribution is 2.21. The average molecular weight is 218 g/mol. The summed E-state index contributed by atoms with van der Waals surface area (Å²) < 4.78 is 0. The van der Waals surface area contributed by atoms with E-state index in [-0.39, 0.29) is 5.91 Å². The monoisotopic (exact) mass is 218 g/mol. The molecule has 0 heterocycles. The summed E-state index contributed by atoms with van der Waals surface area (Å²) in [6, 6.07) is 5.88. The third-order valence-corrected chi connectivity index (χ3v) is 2.35. The first-order valence-corrected chi connectivity index (χ1v) is 5.45. The average Bonchev–Trinajstić information content (AvgIpc) is 2.31. The van der Waals surface area contributed by atoms with Crippen molar-refractivity contribution in [3.05, 3.63) is 36.4 Å². The van der Waals surface area contributed by atoms with E-state index in [1.54, 1.807) is 0 Å². The SMILES string of the molecule is C=CC(=O)Nc1ccc(CCC)c(NC)c1. The molecule has 1 aromatic rings. The predicted molar refractivity (Wildman–Crippen MR) is 68.8 cm³/mol. The van der Waals surface area contributed by atoms with Gasteiger partial charge in [0.25, 0.3) is 0 Å². The van der Waals surface area contributed by atoms with Crippen LogP contribution in [0.2, 0.25) is 0 Å². The molecule has 2 N–H and O–H groups in total. The Balaban J connectivity index is 2.90. The van der Waals surface area contributed by atoms with Crippen LogP contribution >= 0.6 is 0 Å². The van der Waals surface area contributed by atoms with Gasteiger partial charge in [0.15, 0.2) is 0 Å². The molecule has 1 amide bonds. The molecule has 0 aliphatic heterocycles. The first-order chi connectivity index (χ1) is 7.71. The van der Waals surface area contributed by atoms with Crippen molar-refractivity contribution in [1.29, 1.82) is 0 Å². The van der Waals surface area contributed by atoms with Gasteiger partial charge < -0.3 is 10.6 Å². The number of hydrogen-bond donors (Lipinski definition) is 2. The molecule has 0 saturated heterocycles. The van der Waals surface area contributed by atoms with Crippen molar-refractivity contribution in [1.82, 2.24) is 0 Å². The highest BCUT2D eigenvalue weighted by Gasteiger charge is 2.03. The van der Waals surface area contributed by atoms with Crippen molar-refractivity contribution in [2.24, 2.45) is 0 Å². The largest absolute Gasteiger partial charge is 0.388 e. The summed E-state index contributed by atoms with van der Waals surface area (Å²) in [5.41, 5.74) is 3.11. The molecular formula is C13H18N2O. The highest BCUT2D eigenvalue weighted by molar-refractivity contribution is 5.99. The fourth-order valence-electron chi connectivity index (χ4n) is 1.57. The summed E-state index contributed by atoms with van der Waals surface area (Å²) in [5.74, 6) is -0.190. The number of rotatable bonds is 5. The number of carbonyl (C=O) groups is 1. The quantitative estimate of drug-likeness (QED) is 0.746. The summed E-state index contributed by atoms with van der Waals surface area (Å²) >= 11 is 0. The van der Waals surface area contributed by atoms with Gasteiger partial charge in [-0.1, -0.05) is 26.0 Å². The summed E-state index contributed by atoms with van der Waals surface area (Å²) in [7, 11) is 1.88. The van der Waals surface area contributed by atoms with E-state index in [0.29, 0.717) is 0 Å². The van der Waals surface area contributed by atoms with Gasteiger partial charge in [-0.15, -0.1) is 0 Å². The van der Waals surface area contributed by atoms with Crippen LogP contribution in [0, 0.1) is 0 Å². The van der Waals surface area contributed by atoms with E-state index in [9.17, 15) is 4.79 Å². The van der Waals surface area contributed by atoms with Gasteiger partial charge in [0.05, 0.1) is 0 Å². The lowest BCUT2D eigenvalue weighted by Gasteiger charge is -2.11. The highest BCUT2D eigenvalue weighted by atomic mass is 16.1. The lowest BCUT2D eigenvalue weighted by atomic mass is 10.1. The predicted octanol–water partition coefficient (Wildman–Crippen LogP) is 2.81. The van der Waals surface area contributed by atoms with Crippen molar-refractivity contribution in [2.45, 2.75) is 19.8 Å². The van der Waals surface area contributed by atoms with Crippen LogP contribution in [0.15, 0.2) is 30.9 Å². The summed E-state index contributed by atoms with van der Waals surface area (Å²) in [6.45, 7) is 5.56. The van der Waals surface area contributed by atoms with Crippen LogP contribution < -0.4 is 10.6 Å². The molecule has 3 heteroatoms. The Morgan fingerprint density at radius 1 is 1.50 bits per heavy atom. The normalized spacial score (nSPS) is 9.62. The van der Waals surface area contributed by atoms with Crippen LogP contribution in [0.1, 0.15) is 18.9 Å². The van der Waals surface area contributed by atoms with Crippen LogP contribution in [0.25, 0.3) is 0 Å². The van der Waals surface area contributed by atoms with E-state index >= 15 is 0 Å². The minimum absolute atomic E-state index is 0.190. The van der Waals surface area contributed by atoms with Gasteiger partial charge in [-0.05, 0) is 30.2 Å². The molecule has 3 nitrogen and oxygen atoms in total. The van der Waals surface area contributed by atoms with Gasteiger partial charge >= 0.3 is 0 Å². The number of aryl methyl sites for hydroxylation is 1. The number of carbonyl (C=O) groups excluding carboxylic acids is 1. The molecule has 0 radical (unpaired) electrons. The molecule has 0 atom stereocenters. The van der Waals surface area contributed by atoms with Gasteiger partial charge in [0, 0.05) is 18.4 Å². The molecule has 0 spiro atoms. The smallest absolute Gasteiger partial charge is 0.247 e. The zero-order chi connectivity index (χ0) is 12.0. The third-order valence-electron chi connectivity index (χ3n) is 2.35. The van der Waals surface area contributed by atoms with E-state index in [1.807, 2.05) is 25.2 Å². The van der Waals surface area contributed by atoms with Crippen LogP contribution in [0.5, 0.6) is 0 Å². The summed E-state index contributed by atoms with van der Waals surface area (Å²) in [5, 5.41) is 5.87. The van der Waals surface area contributed by atoms with E-state index < -0.39 is 0 Å². The zero-order valence-electron chi connectivity index (χ0n) is 9.84. The second-order valence-electron chi connectivity index (χ2n) is 3.57. The second kappa shape index (κ2) is 5.95. The lowest BCUT2D eigenvalue weighted by molar-refractivity contribution is -0.111. The number of anilines is 2. The van der Waals surface area contributed by atoms with Gasteiger partial charge in [0.2, 0.25) is 5.91 Å². The Kier molecular flexibility index (Phi) is 4.58. The molecule has 0 unspecified atom stereocenters. The van der Waals surface area contributed by atoms with E-state index in [1.165, 1.54) is 11.6 Å². The molecule has 0 fully saturated rings. The minimum Gasteiger partial charge on any atom is -0.388 e. The van der Waals surface area contributed by atoms with E-state index in [0.717, 1.165) is 24.2 Å². The fraction of sp³-hybridized carbons (Fsp3) is 0.308. The molecule has 0 aromatic heterocycles. The summed E-state index contributed by atoms with van der Waals surface area (Å²) in [4.78, 5) is 11.1. The van der Waals surface area contributed by atoms with Crippen molar-refractivity contribution >= 4 is 17.3 Å². The van der Waals surface area contributed by atoms with Gasteiger partial charge in [-0.2, -0.15) is 0 Å². The maximum atomic E-state index is 11.1. The minimum atomic E-state index is -0.190. The third kappa shape index (κ3) is 3.12. The standard InChI is InChI=1S/C13H18N2O/c1-4-6-10-7-8-11(9-12(10)14-3)15-13(16)5-2/h5,7-9,14H,2,4,6H2,1,3H3,(H,15,16). The van der Waals surface area contributed by atoms with E-state index in [2.05, 4.69) is 24.1 Å². The molecule has 0 saturated carbocycles. The molecule has 0 aliphatic carbocycles. The number of amides is 1. The van der Waals surface area contributed by atoms with Gasteiger partial charge in [-0.3, -0.25) is 4.79 Å². The number of benzene rings is 1. The first-order valence-electron chi connectivity index (χ1n) is 5.45. The molecule has 1 aromatic carbocycles. The number of hydrogen-bond acceptors (Lipinski definition) is 2. The van der Waals surface area contributed by atoms with Crippen LogP contribution in [0.4, 0.5) is 11.4 Å².